The Morgan fingerprint density at radius 1 is 1.39 bits per heavy atom. The van der Waals surface area contributed by atoms with Crippen LogP contribution in [-0.4, -0.2) is 47.0 Å². The van der Waals surface area contributed by atoms with E-state index in [1.54, 1.807) is 0 Å². The van der Waals surface area contributed by atoms with E-state index in [2.05, 4.69) is 18.7 Å². The molecule has 0 aromatic carbocycles. The van der Waals surface area contributed by atoms with Gasteiger partial charge in [0.15, 0.2) is 0 Å². The minimum atomic E-state index is -0.660. The lowest BCUT2D eigenvalue weighted by molar-refractivity contribution is -0.0109. The number of nitrogens with zero attached hydrogens (tertiary/aromatic N) is 1. The first-order valence-corrected chi connectivity index (χ1v) is 7.36. The fourth-order valence-electron chi connectivity index (χ4n) is 3.41. The molecule has 2 unspecified atom stereocenters. The quantitative estimate of drug-likeness (QED) is 0.767. The van der Waals surface area contributed by atoms with Crippen molar-refractivity contribution in [2.45, 2.75) is 59.0 Å². The molecule has 0 bridgehead atoms. The molecular weight excluding hydrogens is 226 g/mol. The van der Waals surface area contributed by atoms with Gasteiger partial charge in [-0.05, 0) is 39.2 Å². The standard InChI is InChI=1S/C15H31NO2/c1-5-16(10-14(3,4)18)11-15(12-17)8-6-7-13(2)9-15/h13,17-18H,5-12H2,1-4H3. The summed E-state index contributed by atoms with van der Waals surface area (Å²) in [7, 11) is 0. The Morgan fingerprint density at radius 3 is 2.50 bits per heavy atom. The highest BCUT2D eigenvalue weighted by molar-refractivity contribution is 4.88. The average Bonchev–Trinajstić information content (AvgIpc) is 2.26. The van der Waals surface area contributed by atoms with Gasteiger partial charge in [0.25, 0.3) is 0 Å². The summed E-state index contributed by atoms with van der Waals surface area (Å²) in [4.78, 5) is 2.29. The fraction of sp³-hybridized carbons (Fsp3) is 1.00. The monoisotopic (exact) mass is 257 g/mol. The second kappa shape index (κ2) is 6.36. The molecular formula is C15H31NO2. The molecule has 1 fully saturated rings. The Bertz CT molecular complexity index is 249. The van der Waals surface area contributed by atoms with E-state index in [4.69, 9.17) is 0 Å². The lowest BCUT2D eigenvalue weighted by atomic mass is 9.70. The van der Waals surface area contributed by atoms with Crippen LogP contribution in [0, 0.1) is 11.3 Å². The molecule has 3 nitrogen and oxygen atoms in total. The van der Waals surface area contributed by atoms with Gasteiger partial charge in [0, 0.05) is 25.1 Å². The topological polar surface area (TPSA) is 43.7 Å². The van der Waals surface area contributed by atoms with Crippen LogP contribution < -0.4 is 0 Å². The van der Waals surface area contributed by atoms with E-state index in [9.17, 15) is 10.2 Å². The van der Waals surface area contributed by atoms with Crippen molar-refractivity contribution >= 4 is 0 Å². The lowest BCUT2D eigenvalue weighted by Crippen LogP contribution is -2.47. The van der Waals surface area contributed by atoms with Crippen LogP contribution in [-0.2, 0) is 0 Å². The smallest absolute Gasteiger partial charge is 0.0718 e. The van der Waals surface area contributed by atoms with Gasteiger partial charge in [-0.25, -0.2) is 0 Å². The summed E-state index contributed by atoms with van der Waals surface area (Å²) in [6.45, 7) is 10.9. The van der Waals surface area contributed by atoms with Crippen LogP contribution >= 0.6 is 0 Å². The van der Waals surface area contributed by atoms with Gasteiger partial charge in [-0.15, -0.1) is 0 Å². The van der Waals surface area contributed by atoms with Crippen molar-refractivity contribution < 1.29 is 10.2 Å². The Labute approximate surface area is 112 Å². The average molecular weight is 257 g/mol. The highest BCUT2D eigenvalue weighted by Crippen LogP contribution is 2.39. The third-order valence-electron chi connectivity index (χ3n) is 4.14. The van der Waals surface area contributed by atoms with E-state index in [0.717, 1.165) is 25.9 Å². The van der Waals surface area contributed by atoms with Crippen LogP contribution in [0.2, 0.25) is 0 Å². The zero-order chi connectivity index (χ0) is 13.8. The van der Waals surface area contributed by atoms with Gasteiger partial charge in [0.2, 0.25) is 0 Å². The van der Waals surface area contributed by atoms with Gasteiger partial charge in [0.05, 0.1) is 5.60 Å². The van der Waals surface area contributed by atoms with Crippen molar-refractivity contribution in [3.8, 4) is 0 Å². The molecule has 1 rings (SSSR count). The molecule has 1 saturated carbocycles. The van der Waals surface area contributed by atoms with E-state index >= 15 is 0 Å². The number of rotatable bonds is 6. The number of hydrogen-bond donors (Lipinski definition) is 2. The van der Waals surface area contributed by atoms with Crippen LogP contribution in [0.25, 0.3) is 0 Å². The second-order valence-electron chi connectivity index (χ2n) is 6.98. The first kappa shape index (κ1) is 15.9. The van der Waals surface area contributed by atoms with E-state index in [1.165, 1.54) is 12.8 Å². The fourth-order valence-corrected chi connectivity index (χ4v) is 3.41. The Hall–Kier alpha value is -0.120. The van der Waals surface area contributed by atoms with Crippen molar-refractivity contribution in [3.05, 3.63) is 0 Å². The summed E-state index contributed by atoms with van der Waals surface area (Å²) in [5.74, 6) is 0.715. The second-order valence-corrected chi connectivity index (χ2v) is 6.98. The maximum Gasteiger partial charge on any atom is 0.0718 e. The van der Waals surface area contributed by atoms with Crippen LogP contribution in [0.4, 0.5) is 0 Å². The molecule has 18 heavy (non-hydrogen) atoms. The van der Waals surface area contributed by atoms with E-state index in [1.807, 2.05) is 13.8 Å². The summed E-state index contributed by atoms with van der Waals surface area (Å²) in [5.41, 5.74) is -0.605. The Kier molecular flexibility index (Phi) is 5.63. The normalized spacial score (nSPS) is 29.8. The number of aliphatic hydroxyl groups is 2. The summed E-state index contributed by atoms with van der Waals surface area (Å²) in [6.07, 6.45) is 4.75. The lowest BCUT2D eigenvalue weighted by Gasteiger charge is -2.43. The Morgan fingerprint density at radius 2 is 2.06 bits per heavy atom. The molecule has 2 atom stereocenters. The molecule has 0 heterocycles. The summed E-state index contributed by atoms with van der Waals surface area (Å²) >= 11 is 0. The molecule has 0 aromatic rings. The van der Waals surface area contributed by atoms with Crippen molar-refractivity contribution in [1.82, 2.24) is 4.90 Å². The molecule has 0 radical (unpaired) electrons. The van der Waals surface area contributed by atoms with Crippen LogP contribution in [0.5, 0.6) is 0 Å². The van der Waals surface area contributed by atoms with Crippen LogP contribution in [0.1, 0.15) is 53.4 Å². The maximum absolute atomic E-state index is 9.95. The molecule has 0 aliphatic heterocycles. The molecule has 0 spiro atoms. The van der Waals surface area contributed by atoms with Crippen molar-refractivity contribution in [2.24, 2.45) is 11.3 Å². The van der Waals surface area contributed by atoms with Gasteiger partial charge in [0.1, 0.15) is 0 Å². The highest BCUT2D eigenvalue weighted by Gasteiger charge is 2.36. The van der Waals surface area contributed by atoms with Crippen molar-refractivity contribution in [3.63, 3.8) is 0 Å². The number of likely N-dealkylation sites (N-methyl/N-ethyl adjacent to an activating group) is 1. The third-order valence-corrected chi connectivity index (χ3v) is 4.14. The first-order chi connectivity index (χ1) is 8.30. The highest BCUT2D eigenvalue weighted by atomic mass is 16.3. The van der Waals surface area contributed by atoms with E-state index in [0.29, 0.717) is 12.5 Å². The van der Waals surface area contributed by atoms with Gasteiger partial charge in [-0.3, -0.25) is 0 Å². The minimum absolute atomic E-state index is 0.0545. The zero-order valence-electron chi connectivity index (χ0n) is 12.6. The molecule has 1 aliphatic rings. The van der Waals surface area contributed by atoms with E-state index < -0.39 is 5.60 Å². The molecule has 108 valence electrons. The van der Waals surface area contributed by atoms with Crippen LogP contribution in [0.3, 0.4) is 0 Å². The number of aliphatic hydroxyl groups excluding tert-OH is 1. The SMILES string of the molecule is CCN(CC(C)(C)O)CC1(CO)CCCC(C)C1. The van der Waals surface area contributed by atoms with Crippen LogP contribution in [0.15, 0.2) is 0 Å². The molecule has 0 amide bonds. The van der Waals surface area contributed by atoms with Crippen molar-refractivity contribution in [2.75, 3.05) is 26.2 Å². The summed E-state index contributed by atoms with van der Waals surface area (Å²) in [5, 5.41) is 19.8. The zero-order valence-corrected chi connectivity index (χ0v) is 12.6. The van der Waals surface area contributed by atoms with Gasteiger partial charge in [-0.2, -0.15) is 0 Å². The molecule has 2 N–H and O–H groups in total. The van der Waals surface area contributed by atoms with E-state index in [-0.39, 0.29) is 12.0 Å². The van der Waals surface area contributed by atoms with Gasteiger partial charge >= 0.3 is 0 Å². The minimum Gasteiger partial charge on any atom is -0.396 e. The maximum atomic E-state index is 9.95. The number of hydrogen-bond acceptors (Lipinski definition) is 3. The predicted molar refractivity (Wildman–Crippen MR) is 75.6 cm³/mol. The molecule has 1 aliphatic carbocycles. The largest absolute Gasteiger partial charge is 0.396 e. The molecule has 0 saturated heterocycles. The van der Waals surface area contributed by atoms with Gasteiger partial charge in [-0.1, -0.05) is 26.7 Å². The summed E-state index contributed by atoms with van der Waals surface area (Å²) in [6, 6.07) is 0. The van der Waals surface area contributed by atoms with Gasteiger partial charge < -0.3 is 15.1 Å². The summed E-state index contributed by atoms with van der Waals surface area (Å²) < 4.78 is 0. The third kappa shape index (κ3) is 4.87. The predicted octanol–water partition coefficient (Wildman–Crippen LogP) is 2.27. The molecule has 0 aromatic heterocycles. The molecule has 3 heteroatoms. The van der Waals surface area contributed by atoms with Crippen molar-refractivity contribution in [1.29, 1.82) is 0 Å². The Balaban J connectivity index is 2.64. The first-order valence-electron chi connectivity index (χ1n) is 7.36.